The van der Waals surface area contributed by atoms with Crippen molar-refractivity contribution in [1.82, 2.24) is 10.6 Å². The van der Waals surface area contributed by atoms with Crippen molar-refractivity contribution in [3.8, 4) is 0 Å². The fourth-order valence-corrected chi connectivity index (χ4v) is 2.48. The lowest BCUT2D eigenvalue weighted by atomic mass is 10.2. The molecule has 0 aliphatic heterocycles. The fraction of sp³-hybridized carbons (Fsp3) is 0.333. The van der Waals surface area contributed by atoms with Gasteiger partial charge in [0.05, 0.1) is 12.1 Å². The summed E-state index contributed by atoms with van der Waals surface area (Å²) in [6.07, 6.45) is 0.873. The number of amides is 2. The van der Waals surface area contributed by atoms with E-state index in [-0.39, 0.29) is 18.4 Å². The van der Waals surface area contributed by atoms with Crippen LogP contribution >= 0.6 is 31.9 Å². The molecule has 0 spiro atoms. The van der Waals surface area contributed by atoms with Gasteiger partial charge in [0.15, 0.2) is 0 Å². The minimum absolute atomic E-state index is 0.0126. The van der Waals surface area contributed by atoms with Crippen molar-refractivity contribution in [2.45, 2.75) is 13.3 Å². The van der Waals surface area contributed by atoms with E-state index in [0.29, 0.717) is 16.6 Å². The number of benzene rings is 1. The van der Waals surface area contributed by atoms with Gasteiger partial charge in [0.25, 0.3) is 5.91 Å². The zero-order valence-corrected chi connectivity index (χ0v) is 13.1. The summed E-state index contributed by atoms with van der Waals surface area (Å²) in [6.45, 7) is 2.58. The van der Waals surface area contributed by atoms with E-state index in [2.05, 4.69) is 42.5 Å². The first-order chi connectivity index (χ1) is 8.54. The first-order valence-corrected chi connectivity index (χ1v) is 7.13. The van der Waals surface area contributed by atoms with Crippen LogP contribution in [0.5, 0.6) is 0 Å². The second-order valence-electron chi connectivity index (χ2n) is 3.66. The summed E-state index contributed by atoms with van der Waals surface area (Å²) in [7, 11) is 0. The van der Waals surface area contributed by atoms with Gasteiger partial charge in [-0.25, -0.2) is 0 Å². The molecule has 1 aromatic rings. The number of carbonyl (C=O) groups excluding carboxylic acids is 2. The van der Waals surface area contributed by atoms with Crippen molar-refractivity contribution >= 4 is 43.7 Å². The maximum Gasteiger partial charge on any atom is 0.252 e. The van der Waals surface area contributed by atoms with Gasteiger partial charge in [-0.15, -0.1) is 0 Å². The number of rotatable bonds is 5. The van der Waals surface area contributed by atoms with E-state index in [9.17, 15) is 9.59 Å². The second kappa shape index (κ2) is 7.53. The molecule has 2 amide bonds. The Morgan fingerprint density at radius 3 is 2.56 bits per heavy atom. The Morgan fingerprint density at radius 2 is 1.94 bits per heavy atom. The van der Waals surface area contributed by atoms with E-state index in [0.717, 1.165) is 10.9 Å². The zero-order chi connectivity index (χ0) is 13.5. The predicted octanol–water partition coefficient (Wildman–Crippen LogP) is 2.47. The molecule has 0 heterocycles. The van der Waals surface area contributed by atoms with Gasteiger partial charge in [0.2, 0.25) is 5.91 Å². The number of carbonyl (C=O) groups is 2. The van der Waals surface area contributed by atoms with Gasteiger partial charge in [-0.1, -0.05) is 22.9 Å². The lowest BCUT2D eigenvalue weighted by Crippen LogP contribution is -2.37. The Bertz CT molecular complexity index is 450. The third-order valence-electron chi connectivity index (χ3n) is 2.16. The third-order valence-corrected chi connectivity index (χ3v) is 3.31. The van der Waals surface area contributed by atoms with Crippen molar-refractivity contribution < 1.29 is 9.59 Å². The Hall–Kier alpha value is -0.880. The second-order valence-corrected chi connectivity index (χ2v) is 5.43. The highest BCUT2D eigenvalue weighted by Crippen LogP contribution is 2.21. The Balaban J connectivity index is 2.53. The predicted molar refractivity (Wildman–Crippen MR) is 77.5 cm³/mol. The molecule has 18 heavy (non-hydrogen) atoms. The first-order valence-electron chi connectivity index (χ1n) is 5.54. The minimum atomic E-state index is -0.277. The maximum atomic E-state index is 11.8. The topological polar surface area (TPSA) is 58.2 Å². The molecule has 2 N–H and O–H groups in total. The van der Waals surface area contributed by atoms with E-state index in [4.69, 9.17) is 0 Å². The summed E-state index contributed by atoms with van der Waals surface area (Å²) >= 11 is 6.62. The molecule has 0 atom stereocenters. The molecule has 0 aliphatic rings. The van der Waals surface area contributed by atoms with Crippen LogP contribution in [0.4, 0.5) is 0 Å². The number of halogens is 2. The highest BCUT2D eigenvalue weighted by molar-refractivity contribution is 9.11. The van der Waals surface area contributed by atoms with Crippen LogP contribution in [0.3, 0.4) is 0 Å². The van der Waals surface area contributed by atoms with Crippen LogP contribution in [0.25, 0.3) is 0 Å². The Morgan fingerprint density at radius 1 is 1.22 bits per heavy atom. The smallest absolute Gasteiger partial charge is 0.252 e. The van der Waals surface area contributed by atoms with E-state index in [1.807, 2.05) is 6.92 Å². The highest BCUT2D eigenvalue weighted by atomic mass is 79.9. The molecule has 0 aromatic heterocycles. The monoisotopic (exact) mass is 376 g/mol. The largest absolute Gasteiger partial charge is 0.355 e. The van der Waals surface area contributed by atoms with Gasteiger partial charge in [-0.3, -0.25) is 9.59 Å². The number of hydrogen-bond donors (Lipinski definition) is 2. The van der Waals surface area contributed by atoms with Crippen molar-refractivity contribution in [2.75, 3.05) is 13.1 Å². The van der Waals surface area contributed by atoms with Crippen molar-refractivity contribution in [1.29, 1.82) is 0 Å². The Kier molecular flexibility index (Phi) is 6.35. The standard InChI is InChI=1S/C12H14Br2N2O2/c1-2-5-15-11(17)7-16-12(18)9-4-3-8(13)6-10(9)14/h3-4,6H,2,5,7H2,1H3,(H,15,17)(H,16,18). The van der Waals surface area contributed by atoms with Gasteiger partial charge in [-0.05, 0) is 40.5 Å². The molecule has 0 radical (unpaired) electrons. The van der Waals surface area contributed by atoms with Gasteiger partial charge in [0, 0.05) is 15.5 Å². The molecule has 4 nitrogen and oxygen atoms in total. The molecule has 0 fully saturated rings. The first kappa shape index (κ1) is 15.2. The fourth-order valence-electron chi connectivity index (χ4n) is 1.26. The summed E-state index contributed by atoms with van der Waals surface area (Å²) in [5.74, 6) is -0.459. The minimum Gasteiger partial charge on any atom is -0.355 e. The summed E-state index contributed by atoms with van der Waals surface area (Å²) in [6, 6.07) is 5.25. The maximum absolute atomic E-state index is 11.8. The van der Waals surface area contributed by atoms with Crippen LogP contribution in [0, 0.1) is 0 Å². The molecule has 6 heteroatoms. The van der Waals surface area contributed by atoms with E-state index in [1.165, 1.54) is 0 Å². The van der Waals surface area contributed by atoms with Crippen molar-refractivity contribution in [3.63, 3.8) is 0 Å². The quantitative estimate of drug-likeness (QED) is 0.828. The Labute approximate surface area is 123 Å². The van der Waals surface area contributed by atoms with Gasteiger partial charge >= 0.3 is 0 Å². The molecular formula is C12H14Br2N2O2. The average molecular weight is 378 g/mol. The van der Waals surface area contributed by atoms with Crippen LogP contribution < -0.4 is 10.6 Å². The van der Waals surface area contributed by atoms with E-state index in [1.54, 1.807) is 18.2 Å². The highest BCUT2D eigenvalue weighted by Gasteiger charge is 2.11. The summed E-state index contributed by atoms with van der Waals surface area (Å²) in [5, 5.41) is 5.26. The molecule has 0 saturated heterocycles. The average Bonchev–Trinajstić information content (AvgIpc) is 2.33. The molecule has 0 saturated carbocycles. The van der Waals surface area contributed by atoms with Crippen LogP contribution in [-0.2, 0) is 4.79 Å². The molecule has 0 unspecified atom stereocenters. The van der Waals surface area contributed by atoms with E-state index < -0.39 is 0 Å². The van der Waals surface area contributed by atoms with Crippen molar-refractivity contribution in [2.24, 2.45) is 0 Å². The summed E-state index contributed by atoms with van der Waals surface area (Å²) in [5.41, 5.74) is 0.501. The lowest BCUT2D eigenvalue weighted by molar-refractivity contribution is -0.120. The van der Waals surface area contributed by atoms with Crippen LogP contribution in [-0.4, -0.2) is 24.9 Å². The van der Waals surface area contributed by atoms with Gasteiger partial charge < -0.3 is 10.6 Å². The molecule has 0 bridgehead atoms. The van der Waals surface area contributed by atoms with Gasteiger partial charge in [0.1, 0.15) is 0 Å². The SMILES string of the molecule is CCCNC(=O)CNC(=O)c1ccc(Br)cc1Br. The molecule has 0 aliphatic carbocycles. The van der Waals surface area contributed by atoms with Crippen LogP contribution in [0.15, 0.2) is 27.1 Å². The van der Waals surface area contributed by atoms with Gasteiger partial charge in [-0.2, -0.15) is 0 Å². The normalized spacial score (nSPS) is 9.94. The molecule has 1 rings (SSSR count). The summed E-state index contributed by atoms with van der Waals surface area (Å²) in [4.78, 5) is 23.2. The van der Waals surface area contributed by atoms with Crippen molar-refractivity contribution in [3.05, 3.63) is 32.7 Å². The number of hydrogen-bond acceptors (Lipinski definition) is 2. The van der Waals surface area contributed by atoms with E-state index >= 15 is 0 Å². The third kappa shape index (κ3) is 4.78. The van der Waals surface area contributed by atoms with Crippen LogP contribution in [0.1, 0.15) is 23.7 Å². The summed E-state index contributed by atoms with van der Waals surface area (Å²) < 4.78 is 1.56. The van der Waals surface area contributed by atoms with Crippen LogP contribution in [0.2, 0.25) is 0 Å². The molecule has 1 aromatic carbocycles. The molecular weight excluding hydrogens is 364 g/mol. The number of nitrogens with one attached hydrogen (secondary N) is 2. The lowest BCUT2D eigenvalue weighted by Gasteiger charge is -2.07. The zero-order valence-electron chi connectivity index (χ0n) is 9.93. The molecule has 98 valence electrons.